The molecular formula is C10H13BrN2. The number of benzene rings is 1. The third-order valence-corrected chi connectivity index (χ3v) is 2.48. The lowest BCUT2D eigenvalue weighted by molar-refractivity contribution is 0.653. The molecule has 0 aromatic heterocycles. The molecule has 3 heteroatoms. The zero-order valence-corrected chi connectivity index (χ0v) is 9.14. The lowest BCUT2D eigenvalue weighted by Crippen LogP contribution is -2.26. The quantitative estimate of drug-likeness (QED) is 0.484. The number of rotatable bonds is 3. The van der Waals surface area contributed by atoms with Crippen molar-refractivity contribution in [1.82, 2.24) is 5.43 Å². The van der Waals surface area contributed by atoms with Gasteiger partial charge in [-0.25, -0.2) is 5.43 Å². The Bertz CT molecular complexity index is 310. The molecule has 0 aliphatic heterocycles. The van der Waals surface area contributed by atoms with E-state index in [2.05, 4.69) is 34.0 Å². The SMILES string of the molecule is C=CC(NN)c1ccc(Br)cc1C. The third-order valence-electron chi connectivity index (χ3n) is 1.98. The van der Waals surface area contributed by atoms with E-state index in [9.17, 15) is 0 Å². The number of hydrogen-bond acceptors (Lipinski definition) is 2. The van der Waals surface area contributed by atoms with E-state index < -0.39 is 0 Å². The predicted octanol–water partition coefficient (Wildman–Crippen LogP) is 2.45. The summed E-state index contributed by atoms with van der Waals surface area (Å²) in [5.74, 6) is 5.39. The van der Waals surface area contributed by atoms with E-state index in [4.69, 9.17) is 5.84 Å². The zero-order chi connectivity index (χ0) is 9.84. The van der Waals surface area contributed by atoms with Gasteiger partial charge in [-0.3, -0.25) is 5.84 Å². The number of aryl methyl sites for hydroxylation is 1. The molecule has 1 aromatic carbocycles. The molecule has 1 rings (SSSR count). The number of nitrogens with two attached hydrogens (primary N) is 1. The van der Waals surface area contributed by atoms with Crippen molar-refractivity contribution in [3.8, 4) is 0 Å². The van der Waals surface area contributed by atoms with Gasteiger partial charge < -0.3 is 0 Å². The van der Waals surface area contributed by atoms with Crippen LogP contribution in [0.3, 0.4) is 0 Å². The van der Waals surface area contributed by atoms with Crippen molar-refractivity contribution in [1.29, 1.82) is 0 Å². The minimum atomic E-state index is 0.0214. The fourth-order valence-electron chi connectivity index (χ4n) is 1.27. The van der Waals surface area contributed by atoms with Gasteiger partial charge in [0.2, 0.25) is 0 Å². The van der Waals surface area contributed by atoms with Crippen LogP contribution in [0.25, 0.3) is 0 Å². The molecule has 1 unspecified atom stereocenters. The molecule has 1 atom stereocenters. The molecule has 0 spiro atoms. The highest BCUT2D eigenvalue weighted by molar-refractivity contribution is 9.10. The normalized spacial score (nSPS) is 12.5. The fourth-order valence-corrected chi connectivity index (χ4v) is 1.75. The summed E-state index contributed by atoms with van der Waals surface area (Å²) in [6.45, 7) is 5.77. The molecule has 0 radical (unpaired) electrons. The maximum atomic E-state index is 5.39. The van der Waals surface area contributed by atoms with Crippen LogP contribution in [0.5, 0.6) is 0 Å². The maximum absolute atomic E-state index is 5.39. The first-order chi connectivity index (χ1) is 6.19. The van der Waals surface area contributed by atoms with Gasteiger partial charge in [0.1, 0.15) is 0 Å². The molecule has 13 heavy (non-hydrogen) atoms. The first-order valence-electron chi connectivity index (χ1n) is 4.03. The van der Waals surface area contributed by atoms with Crippen LogP contribution >= 0.6 is 15.9 Å². The van der Waals surface area contributed by atoms with Gasteiger partial charge in [-0.1, -0.05) is 28.1 Å². The Balaban J connectivity index is 3.06. The second-order valence-electron chi connectivity index (χ2n) is 2.88. The first-order valence-corrected chi connectivity index (χ1v) is 4.83. The second-order valence-corrected chi connectivity index (χ2v) is 3.80. The Morgan fingerprint density at radius 2 is 2.31 bits per heavy atom. The minimum Gasteiger partial charge on any atom is -0.271 e. The van der Waals surface area contributed by atoms with Crippen molar-refractivity contribution in [2.45, 2.75) is 13.0 Å². The van der Waals surface area contributed by atoms with E-state index >= 15 is 0 Å². The number of halogens is 1. The smallest absolute Gasteiger partial charge is 0.0640 e. The largest absolute Gasteiger partial charge is 0.271 e. The highest BCUT2D eigenvalue weighted by atomic mass is 79.9. The number of hydrogen-bond donors (Lipinski definition) is 2. The van der Waals surface area contributed by atoms with E-state index in [1.165, 1.54) is 5.56 Å². The monoisotopic (exact) mass is 240 g/mol. The van der Waals surface area contributed by atoms with Gasteiger partial charge in [-0.2, -0.15) is 0 Å². The summed E-state index contributed by atoms with van der Waals surface area (Å²) in [4.78, 5) is 0. The third kappa shape index (κ3) is 2.40. The topological polar surface area (TPSA) is 38.0 Å². The Labute approximate surface area is 86.9 Å². The number of nitrogens with one attached hydrogen (secondary N) is 1. The highest BCUT2D eigenvalue weighted by Crippen LogP contribution is 2.21. The molecule has 0 amide bonds. The Morgan fingerprint density at radius 1 is 1.62 bits per heavy atom. The standard InChI is InChI=1S/C10H13BrN2/c1-3-10(13-12)9-5-4-8(11)6-7(9)2/h3-6,10,13H,1,12H2,2H3. The predicted molar refractivity (Wildman–Crippen MR) is 59.1 cm³/mol. The van der Waals surface area contributed by atoms with Gasteiger partial charge in [0, 0.05) is 4.47 Å². The van der Waals surface area contributed by atoms with E-state index in [-0.39, 0.29) is 6.04 Å². The van der Waals surface area contributed by atoms with Crippen molar-refractivity contribution in [2.24, 2.45) is 5.84 Å². The van der Waals surface area contributed by atoms with Crippen molar-refractivity contribution in [3.63, 3.8) is 0 Å². The summed E-state index contributed by atoms with van der Waals surface area (Å²) < 4.78 is 1.08. The van der Waals surface area contributed by atoms with Crippen molar-refractivity contribution < 1.29 is 0 Å². The van der Waals surface area contributed by atoms with E-state index in [0.717, 1.165) is 10.0 Å². The molecule has 0 saturated carbocycles. The molecule has 0 aliphatic carbocycles. The van der Waals surface area contributed by atoms with Gasteiger partial charge in [0.25, 0.3) is 0 Å². The van der Waals surface area contributed by atoms with E-state index in [1.54, 1.807) is 6.08 Å². The van der Waals surface area contributed by atoms with Crippen LogP contribution < -0.4 is 11.3 Å². The van der Waals surface area contributed by atoms with Crippen LogP contribution in [0, 0.1) is 6.92 Å². The molecule has 0 heterocycles. The van der Waals surface area contributed by atoms with Crippen LogP contribution in [0.1, 0.15) is 17.2 Å². The molecule has 3 N–H and O–H groups in total. The van der Waals surface area contributed by atoms with Gasteiger partial charge in [0.15, 0.2) is 0 Å². The lowest BCUT2D eigenvalue weighted by Gasteiger charge is -2.14. The first kappa shape index (κ1) is 10.4. The van der Waals surface area contributed by atoms with Crippen molar-refractivity contribution in [3.05, 3.63) is 46.5 Å². The number of hydrazine groups is 1. The summed E-state index contributed by atoms with van der Waals surface area (Å²) in [5, 5.41) is 0. The van der Waals surface area contributed by atoms with Crippen LogP contribution in [-0.2, 0) is 0 Å². The molecule has 0 saturated heterocycles. The van der Waals surface area contributed by atoms with Crippen LogP contribution in [0.15, 0.2) is 35.3 Å². The Morgan fingerprint density at radius 3 is 2.77 bits per heavy atom. The van der Waals surface area contributed by atoms with Crippen LogP contribution in [-0.4, -0.2) is 0 Å². The van der Waals surface area contributed by atoms with Crippen LogP contribution in [0.4, 0.5) is 0 Å². The van der Waals surface area contributed by atoms with Gasteiger partial charge in [-0.15, -0.1) is 6.58 Å². The van der Waals surface area contributed by atoms with E-state index in [0.29, 0.717) is 0 Å². The zero-order valence-electron chi connectivity index (χ0n) is 7.55. The van der Waals surface area contributed by atoms with Gasteiger partial charge in [-0.05, 0) is 30.2 Å². The maximum Gasteiger partial charge on any atom is 0.0640 e. The van der Waals surface area contributed by atoms with E-state index in [1.807, 2.05) is 19.1 Å². The van der Waals surface area contributed by atoms with Crippen LogP contribution in [0.2, 0.25) is 0 Å². The van der Waals surface area contributed by atoms with Gasteiger partial charge in [0.05, 0.1) is 6.04 Å². The molecule has 1 aromatic rings. The minimum absolute atomic E-state index is 0.0214. The molecular weight excluding hydrogens is 228 g/mol. The Kier molecular flexibility index (Phi) is 3.66. The Hall–Kier alpha value is -0.640. The summed E-state index contributed by atoms with van der Waals surface area (Å²) in [7, 11) is 0. The average Bonchev–Trinajstić information content (AvgIpc) is 2.10. The molecule has 70 valence electrons. The average molecular weight is 241 g/mol. The van der Waals surface area contributed by atoms with Crippen molar-refractivity contribution >= 4 is 15.9 Å². The molecule has 0 fully saturated rings. The summed E-state index contributed by atoms with van der Waals surface area (Å²) in [6.07, 6.45) is 1.79. The van der Waals surface area contributed by atoms with Crippen molar-refractivity contribution in [2.75, 3.05) is 0 Å². The lowest BCUT2D eigenvalue weighted by atomic mass is 10.0. The summed E-state index contributed by atoms with van der Waals surface area (Å²) in [5.41, 5.74) is 5.04. The highest BCUT2D eigenvalue weighted by Gasteiger charge is 2.07. The molecule has 2 nitrogen and oxygen atoms in total. The van der Waals surface area contributed by atoms with Gasteiger partial charge >= 0.3 is 0 Å². The fraction of sp³-hybridized carbons (Fsp3) is 0.200. The summed E-state index contributed by atoms with van der Waals surface area (Å²) >= 11 is 3.41. The molecule has 0 bridgehead atoms. The second kappa shape index (κ2) is 4.56. The molecule has 0 aliphatic rings. The summed E-state index contributed by atoms with van der Waals surface area (Å²) in [6, 6.07) is 6.11.